The van der Waals surface area contributed by atoms with Crippen LogP contribution in [0.15, 0.2) is 42.5 Å². The van der Waals surface area contributed by atoms with Gasteiger partial charge in [-0.3, -0.25) is 14.9 Å². The van der Waals surface area contributed by atoms with E-state index in [4.69, 9.17) is 9.47 Å². The number of anilines is 1. The van der Waals surface area contributed by atoms with Gasteiger partial charge in [-0.05, 0) is 56.9 Å². The van der Waals surface area contributed by atoms with E-state index in [1.165, 1.54) is 153 Å². The lowest BCUT2D eigenvalue weighted by atomic mass is 9.76. The number of nitrogens with zero attached hydrogens (tertiary/aromatic N) is 2. The first-order valence-electron chi connectivity index (χ1n) is 24.0. The Morgan fingerprint density at radius 1 is 0.729 bits per heavy atom. The number of halogens is 1. The molecular weight excluding hydrogens is 800 g/mol. The van der Waals surface area contributed by atoms with Gasteiger partial charge in [0.1, 0.15) is 12.4 Å². The lowest BCUT2D eigenvalue weighted by molar-refractivity contribution is -0.385. The second-order valence-electron chi connectivity index (χ2n) is 18.0. The molecule has 0 saturated carbocycles. The summed E-state index contributed by atoms with van der Waals surface area (Å²) in [5, 5.41) is 13.1. The number of carbonyl (C=O) groups is 1. The number of hydrogen-bond acceptors (Lipinski definition) is 6. The highest BCUT2D eigenvalue weighted by atomic mass is 79.9. The van der Waals surface area contributed by atoms with Crippen molar-refractivity contribution < 1.29 is 19.2 Å². The number of alkyl halides is 1. The normalized spacial score (nSPS) is 16.3. The SMILES string of the molecule is CCCCCCCCCCCCCCCCCCCCCC(=O)OCc1cc([N+](=O)[O-])cc2c1OC1(C=C2)N(CCCCCCCCCCBr)c2ccccc2C1(C)C. The van der Waals surface area contributed by atoms with Crippen LogP contribution in [-0.4, -0.2) is 28.5 Å². The van der Waals surface area contributed by atoms with Crippen molar-refractivity contribution in [2.45, 2.75) is 218 Å². The molecule has 2 heterocycles. The highest BCUT2D eigenvalue weighted by Crippen LogP contribution is 2.55. The summed E-state index contributed by atoms with van der Waals surface area (Å²) in [5.74, 6) is 0.292. The van der Waals surface area contributed by atoms with E-state index in [0.717, 1.165) is 49.7 Å². The summed E-state index contributed by atoms with van der Waals surface area (Å²) in [5.41, 5.74) is 2.27. The highest BCUT2D eigenvalue weighted by molar-refractivity contribution is 9.09. The van der Waals surface area contributed by atoms with E-state index >= 15 is 0 Å². The van der Waals surface area contributed by atoms with Crippen LogP contribution < -0.4 is 9.64 Å². The average Bonchev–Trinajstić information content (AvgIpc) is 3.41. The van der Waals surface area contributed by atoms with Crippen molar-refractivity contribution in [3.05, 3.63) is 69.3 Å². The van der Waals surface area contributed by atoms with Crippen molar-refractivity contribution in [3.8, 4) is 5.75 Å². The van der Waals surface area contributed by atoms with E-state index in [9.17, 15) is 14.9 Å². The molecule has 1 unspecified atom stereocenters. The zero-order chi connectivity index (χ0) is 42.2. The monoisotopic (exact) mass is 879 g/mol. The van der Waals surface area contributed by atoms with E-state index in [0.29, 0.717) is 23.3 Å². The number of esters is 1. The van der Waals surface area contributed by atoms with E-state index in [1.807, 2.05) is 6.08 Å². The molecule has 2 aliphatic rings. The number of fused-ring (bicyclic) bond motifs is 2. The smallest absolute Gasteiger partial charge is 0.306 e. The number of nitro benzene ring substituents is 1. The van der Waals surface area contributed by atoms with Gasteiger partial charge in [0.05, 0.1) is 10.3 Å². The molecule has 0 amide bonds. The topological polar surface area (TPSA) is 81.9 Å². The molecule has 2 aromatic carbocycles. The van der Waals surface area contributed by atoms with Crippen molar-refractivity contribution in [2.24, 2.45) is 0 Å². The number of para-hydroxylation sites is 1. The summed E-state index contributed by atoms with van der Waals surface area (Å²) in [7, 11) is 0. The van der Waals surface area contributed by atoms with Gasteiger partial charge in [-0.25, -0.2) is 0 Å². The maximum absolute atomic E-state index is 13.0. The van der Waals surface area contributed by atoms with Gasteiger partial charge in [-0.1, -0.05) is 195 Å². The number of nitro groups is 1. The van der Waals surface area contributed by atoms with Crippen LogP contribution in [0.5, 0.6) is 5.75 Å². The summed E-state index contributed by atoms with van der Waals surface area (Å²) in [6.45, 7) is 7.50. The fourth-order valence-corrected chi connectivity index (χ4v) is 9.66. The Morgan fingerprint density at radius 2 is 1.24 bits per heavy atom. The molecule has 4 rings (SSSR count). The van der Waals surface area contributed by atoms with Crippen LogP contribution >= 0.6 is 15.9 Å². The summed E-state index contributed by atoms with van der Waals surface area (Å²) >= 11 is 3.53. The van der Waals surface area contributed by atoms with Crippen molar-refractivity contribution >= 4 is 39.4 Å². The molecule has 0 fully saturated rings. The first-order chi connectivity index (χ1) is 28.7. The number of non-ortho nitro benzene ring substituents is 1. The fourth-order valence-electron chi connectivity index (χ4n) is 9.27. The minimum Gasteiger partial charge on any atom is -0.462 e. The number of unbranched alkanes of at least 4 members (excludes halogenated alkanes) is 25. The zero-order valence-corrected chi connectivity index (χ0v) is 38.9. The van der Waals surface area contributed by atoms with E-state index in [2.05, 4.69) is 71.9 Å². The van der Waals surface area contributed by atoms with Gasteiger partial charge < -0.3 is 14.4 Å². The quantitative estimate of drug-likeness (QED) is 0.0234. The van der Waals surface area contributed by atoms with E-state index in [-0.39, 0.29) is 23.2 Å². The van der Waals surface area contributed by atoms with Crippen molar-refractivity contribution in [2.75, 3.05) is 16.8 Å². The molecule has 59 heavy (non-hydrogen) atoms. The lowest BCUT2D eigenvalue weighted by Crippen LogP contribution is -2.59. The molecule has 8 heteroatoms. The first-order valence-corrected chi connectivity index (χ1v) is 25.2. The van der Waals surface area contributed by atoms with Gasteiger partial charge in [0.15, 0.2) is 0 Å². The third kappa shape index (κ3) is 15.2. The molecule has 2 aromatic rings. The van der Waals surface area contributed by atoms with E-state index in [1.54, 1.807) is 6.07 Å². The molecule has 0 radical (unpaired) electrons. The van der Waals surface area contributed by atoms with Crippen molar-refractivity contribution in [1.29, 1.82) is 0 Å². The number of ether oxygens (including phenoxy) is 2. The van der Waals surface area contributed by atoms with Crippen LogP contribution in [0.1, 0.15) is 217 Å². The van der Waals surface area contributed by atoms with Crippen LogP contribution in [-0.2, 0) is 21.6 Å². The van der Waals surface area contributed by atoms with Crippen LogP contribution in [0, 0.1) is 10.1 Å². The largest absolute Gasteiger partial charge is 0.462 e. The molecule has 2 aliphatic heterocycles. The summed E-state index contributed by atoms with van der Waals surface area (Å²) in [4.78, 5) is 27.0. The van der Waals surface area contributed by atoms with Gasteiger partial charge >= 0.3 is 5.97 Å². The standard InChI is InChI=1S/C51H79BrN2O5/c1-4-5-6-7-8-9-10-11-12-13-14-15-16-17-18-19-22-25-28-35-48(55)58-42-44-41-45(54(56)57)40-43-36-37-51(59-49(43)44)50(2,3)46-33-29-30-34-47(46)53(51)39-32-27-24-21-20-23-26-31-38-52/h29-30,33-34,36-37,40-41H,4-28,31-32,35,38-39,42H2,1-3H3. The Hall–Kier alpha value is -2.87. The predicted molar refractivity (Wildman–Crippen MR) is 251 cm³/mol. The molecule has 0 bridgehead atoms. The van der Waals surface area contributed by atoms with Crippen LogP contribution in [0.25, 0.3) is 6.08 Å². The number of benzene rings is 2. The molecular formula is C51H79BrN2O5. The fraction of sp³-hybridized carbons (Fsp3) is 0.706. The van der Waals surface area contributed by atoms with Gasteiger partial charge in [-0.2, -0.15) is 0 Å². The Morgan fingerprint density at radius 3 is 1.78 bits per heavy atom. The van der Waals surface area contributed by atoms with Crippen LogP contribution in [0.2, 0.25) is 0 Å². The number of carbonyl (C=O) groups excluding carboxylic acids is 1. The second-order valence-corrected chi connectivity index (χ2v) is 18.8. The maximum atomic E-state index is 13.0. The molecule has 1 spiro atoms. The average molecular weight is 880 g/mol. The van der Waals surface area contributed by atoms with E-state index < -0.39 is 11.1 Å². The Bertz CT molecular complexity index is 1560. The number of rotatable bonds is 33. The van der Waals surface area contributed by atoms with Crippen LogP contribution in [0.3, 0.4) is 0 Å². The lowest BCUT2D eigenvalue weighted by Gasteiger charge is -2.47. The van der Waals surface area contributed by atoms with Crippen molar-refractivity contribution in [1.82, 2.24) is 0 Å². The first kappa shape index (κ1) is 48.8. The van der Waals surface area contributed by atoms with Crippen molar-refractivity contribution in [3.63, 3.8) is 0 Å². The summed E-state index contributed by atoms with van der Waals surface area (Å²) in [6.07, 6.45) is 39.1. The molecule has 0 N–H and O–H groups in total. The van der Waals surface area contributed by atoms with Crippen LogP contribution in [0.4, 0.5) is 11.4 Å². The Labute approximate surface area is 367 Å². The van der Waals surface area contributed by atoms with Gasteiger partial charge in [-0.15, -0.1) is 0 Å². The maximum Gasteiger partial charge on any atom is 0.306 e. The Kier molecular flexibility index (Phi) is 22.5. The molecule has 330 valence electrons. The summed E-state index contributed by atoms with van der Waals surface area (Å²) in [6, 6.07) is 11.6. The van der Waals surface area contributed by atoms with Gasteiger partial charge in [0.25, 0.3) is 5.69 Å². The molecule has 7 nitrogen and oxygen atoms in total. The Balaban J connectivity index is 1.21. The highest BCUT2D eigenvalue weighted by Gasteiger charge is 2.58. The minimum atomic E-state index is -0.832. The molecule has 0 saturated heterocycles. The molecule has 0 aliphatic carbocycles. The minimum absolute atomic E-state index is 0.0316. The third-order valence-corrected chi connectivity index (χ3v) is 13.5. The zero-order valence-electron chi connectivity index (χ0n) is 37.4. The predicted octanol–water partition coefficient (Wildman–Crippen LogP) is 15.9. The second kappa shape index (κ2) is 27.2. The van der Waals surface area contributed by atoms with Gasteiger partial charge in [0.2, 0.25) is 5.72 Å². The summed E-state index contributed by atoms with van der Waals surface area (Å²) < 4.78 is 13.0. The third-order valence-electron chi connectivity index (χ3n) is 12.9. The molecule has 1 atom stereocenters. The molecule has 0 aromatic heterocycles. The van der Waals surface area contributed by atoms with Gasteiger partial charge in [0, 0.05) is 47.2 Å². The number of hydrogen-bond donors (Lipinski definition) is 0.